The zero-order valence-electron chi connectivity index (χ0n) is 11.9. The number of amides is 1. The number of benzene rings is 1. The lowest BCUT2D eigenvalue weighted by molar-refractivity contribution is -0.121. The number of rotatable bonds is 6. The molecule has 0 aliphatic heterocycles. The minimum absolute atomic E-state index is 0.117. The summed E-state index contributed by atoms with van der Waals surface area (Å²) < 4.78 is 11.4. The average molecular weight is 353 g/mol. The van der Waals surface area contributed by atoms with E-state index < -0.39 is 6.04 Å². The van der Waals surface area contributed by atoms with Crippen molar-refractivity contribution in [3.8, 4) is 5.75 Å². The van der Waals surface area contributed by atoms with Gasteiger partial charge in [0.25, 0.3) is 0 Å². The maximum Gasteiger partial charge on any atom is 0.242 e. The number of hydrogen-bond acceptors (Lipinski definition) is 4. The molecule has 1 aromatic carbocycles. The van der Waals surface area contributed by atoms with Crippen LogP contribution in [0.3, 0.4) is 0 Å². The molecule has 0 fully saturated rings. The molecule has 1 heterocycles. The van der Waals surface area contributed by atoms with Gasteiger partial charge in [0.15, 0.2) is 0 Å². The van der Waals surface area contributed by atoms with Crippen LogP contribution in [-0.2, 0) is 11.3 Å². The molecule has 112 valence electrons. The van der Waals surface area contributed by atoms with Crippen LogP contribution in [-0.4, -0.2) is 19.1 Å². The van der Waals surface area contributed by atoms with E-state index >= 15 is 0 Å². The fourth-order valence-electron chi connectivity index (χ4n) is 1.83. The van der Waals surface area contributed by atoms with Gasteiger partial charge in [-0.3, -0.25) is 4.79 Å². The third kappa shape index (κ3) is 4.26. The van der Waals surface area contributed by atoms with Crippen molar-refractivity contribution in [2.45, 2.75) is 19.5 Å². The van der Waals surface area contributed by atoms with Crippen LogP contribution in [0.4, 0.5) is 5.69 Å². The molecule has 0 aliphatic carbocycles. The number of carbonyl (C=O) groups excluding carboxylic acids is 1. The summed E-state index contributed by atoms with van der Waals surface area (Å²) in [5, 5.41) is 5.94. The van der Waals surface area contributed by atoms with Gasteiger partial charge in [-0.05, 0) is 37.3 Å². The molecular weight excluding hydrogens is 336 g/mol. The summed E-state index contributed by atoms with van der Waals surface area (Å²) in [6.45, 7) is 2.16. The molecule has 1 amide bonds. The largest absolute Gasteiger partial charge is 0.495 e. The highest BCUT2D eigenvalue weighted by Gasteiger charge is 2.15. The summed E-state index contributed by atoms with van der Waals surface area (Å²) in [5.41, 5.74) is 0.757. The lowest BCUT2D eigenvalue weighted by Crippen LogP contribution is -2.37. The number of halogens is 1. The molecule has 6 heteroatoms. The van der Waals surface area contributed by atoms with Crippen molar-refractivity contribution in [3.63, 3.8) is 0 Å². The monoisotopic (exact) mass is 352 g/mol. The van der Waals surface area contributed by atoms with Gasteiger partial charge in [-0.2, -0.15) is 0 Å². The number of methoxy groups -OCH3 is 1. The SMILES string of the molecule is COc1ccc(Br)cc1NC(C)C(=O)NCc1ccco1. The van der Waals surface area contributed by atoms with Crippen LogP contribution in [0, 0.1) is 0 Å². The Morgan fingerprint density at radius 3 is 2.90 bits per heavy atom. The molecule has 2 N–H and O–H groups in total. The Kier molecular flexibility index (Phi) is 5.27. The standard InChI is InChI=1S/C15H17BrN2O3/c1-10(15(19)17-9-12-4-3-7-21-12)18-13-8-11(16)5-6-14(13)20-2/h3-8,10,18H,9H2,1-2H3,(H,17,19). The highest BCUT2D eigenvalue weighted by molar-refractivity contribution is 9.10. The number of carbonyl (C=O) groups is 1. The fraction of sp³-hybridized carbons (Fsp3) is 0.267. The lowest BCUT2D eigenvalue weighted by Gasteiger charge is -2.17. The van der Waals surface area contributed by atoms with E-state index in [0.29, 0.717) is 12.3 Å². The molecule has 1 atom stereocenters. The summed E-state index contributed by atoms with van der Waals surface area (Å²) in [5.74, 6) is 1.29. The normalized spacial score (nSPS) is 11.8. The quantitative estimate of drug-likeness (QED) is 0.837. The number of ether oxygens (including phenoxy) is 1. The molecule has 1 unspecified atom stereocenters. The molecule has 0 saturated carbocycles. The first-order valence-corrected chi connectivity index (χ1v) is 7.29. The molecule has 1 aromatic heterocycles. The molecule has 21 heavy (non-hydrogen) atoms. The summed E-state index contributed by atoms with van der Waals surface area (Å²) >= 11 is 3.40. The van der Waals surface area contributed by atoms with Crippen molar-refractivity contribution in [2.24, 2.45) is 0 Å². The van der Waals surface area contributed by atoms with Crippen molar-refractivity contribution >= 4 is 27.5 Å². The van der Waals surface area contributed by atoms with Gasteiger partial charge in [0.2, 0.25) is 5.91 Å². The molecule has 0 radical (unpaired) electrons. The summed E-state index contributed by atoms with van der Waals surface area (Å²) in [4.78, 5) is 12.1. The average Bonchev–Trinajstić information content (AvgIpc) is 2.98. The minimum Gasteiger partial charge on any atom is -0.495 e. The predicted molar refractivity (Wildman–Crippen MR) is 84.3 cm³/mol. The van der Waals surface area contributed by atoms with Gasteiger partial charge in [-0.15, -0.1) is 0 Å². The maximum absolute atomic E-state index is 12.1. The van der Waals surface area contributed by atoms with Crippen LogP contribution < -0.4 is 15.4 Å². The van der Waals surface area contributed by atoms with E-state index in [4.69, 9.17) is 9.15 Å². The highest BCUT2D eigenvalue weighted by Crippen LogP contribution is 2.28. The Balaban J connectivity index is 1.95. The van der Waals surface area contributed by atoms with E-state index in [1.807, 2.05) is 24.3 Å². The lowest BCUT2D eigenvalue weighted by atomic mass is 10.2. The Labute approximate surface area is 131 Å². The second kappa shape index (κ2) is 7.17. The third-order valence-electron chi connectivity index (χ3n) is 2.94. The minimum atomic E-state index is -0.400. The summed E-state index contributed by atoms with van der Waals surface area (Å²) in [6, 6.07) is 8.79. The van der Waals surface area contributed by atoms with E-state index in [1.54, 1.807) is 26.4 Å². The van der Waals surface area contributed by atoms with Crippen LogP contribution in [0.15, 0.2) is 45.5 Å². The zero-order valence-corrected chi connectivity index (χ0v) is 13.4. The van der Waals surface area contributed by atoms with E-state index in [2.05, 4.69) is 26.6 Å². The van der Waals surface area contributed by atoms with Gasteiger partial charge in [0.1, 0.15) is 17.6 Å². The van der Waals surface area contributed by atoms with E-state index in [0.717, 1.165) is 15.9 Å². The zero-order chi connectivity index (χ0) is 15.2. The molecular formula is C15H17BrN2O3. The Morgan fingerprint density at radius 1 is 1.43 bits per heavy atom. The summed E-state index contributed by atoms with van der Waals surface area (Å²) in [7, 11) is 1.59. The molecule has 0 bridgehead atoms. The maximum atomic E-state index is 12.1. The molecule has 0 saturated heterocycles. The molecule has 2 aromatic rings. The predicted octanol–water partition coefficient (Wildman–Crippen LogP) is 3.17. The van der Waals surface area contributed by atoms with Gasteiger partial charge in [-0.1, -0.05) is 15.9 Å². The van der Waals surface area contributed by atoms with Gasteiger partial charge in [0.05, 0.1) is 25.6 Å². The number of anilines is 1. The van der Waals surface area contributed by atoms with Crippen molar-refractivity contribution in [1.29, 1.82) is 0 Å². The highest BCUT2D eigenvalue weighted by atomic mass is 79.9. The molecule has 2 rings (SSSR count). The van der Waals surface area contributed by atoms with Crippen molar-refractivity contribution in [3.05, 3.63) is 46.8 Å². The second-order valence-electron chi connectivity index (χ2n) is 4.51. The van der Waals surface area contributed by atoms with Crippen LogP contribution in [0.1, 0.15) is 12.7 Å². The van der Waals surface area contributed by atoms with E-state index in [1.165, 1.54) is 0 Å². The summed E-state index contributed by atoms with van der Waals surface area (Å²) in [6.07, 6.45) is 1.58. The topological polar surface area (TPSA) is 63.5 Å². The Bertz CT molecular complexity index is 599. The Morgan fingerprint density at radius 2 is 2.24 bits per heavy atom. The van der Waals surface area contributed by atoms with Gasteiger partial charge >= 0.3 is 0 Å². The van der Waals surface area contributed by atoms with Crippen LogP contribution in [0.5, 0.6) is 5.75 Å². The first kappa shape index (κ1) is 15.4. The van der Waals surface area contributed by atoms with Crippen LogP contribution >= 0.6 is 15.9 Å². The number of hydrogen-bond donors (Lipinski definition) is 2. The van der Waals surface area contributed by atoms with E-state index in [-0.39, 0.29) is 5.91 Å². The number of furan rings is 1. The fourth-order valence-corrected chi connectivity index (χ4v) is 2.19. The third-order valence-corrected chi connectivity index (χ3v) is 3.44. The molecule has 0 spiro atoms. The van der Waals surface area contributed by atoms with Gasteiger partial charge in [-0.25, -0.2) is 0 Å². The first-order chi connectivity index (χ1) is 10.1. The molecule has 0 aliphatic rings. The first-order valence-electron chi connectivity index (χ1n) is 6.50. The van der Waals surface area contributed by atoms with Crippen molar-refractivity contribution in [2.75, 3.05) is 12.4 Å². The number of nitrogens with one attached hydrogen (secondary N) is 2. The Hall–Kier alpha value is -1.95. The van der Waals surface area contributed by atoms with Crippen molar-refractivity contribution in [1.82, 2.24) is 5.32 Å². The van der Waals surface area contributed by atoms with Crippen LogP contribution in [0.25, 0.3) is 0 Å². The molecule has 5 nitrogen and oxygen atoms in total. The second-order valence-corrected chi connectivity index (χ2v) is 5.42. The van der Waals surface area contributed by atoms with Gasteiger partial charge < -0.3 is 19.8 Å². The smallest absolute Gasteiger partial charge is 0.242 e. The van der Waals surface area contributed by atoms with Gasteiger partial charge in [0, 0.05) is 4.47 Å². The van der Waals surface area contributed by atoms with E-state index in [9.17, 15) is 4.79 Å². The van der Waals surface area contributed by atoms with Crippen molar-refractivity contribution < 1.29 is 13.9 Å². The van der Waals surface area contributed by atoms with Crippen LogP contribution in [0.2, 0.25) is 0 Å².